The SMILES string of the molecule is CCSc1ccccc1C(=O)NCc1cc(-c2ccc3c(c2)OCO3)on1. The van der Waals surface area contributed by atoms with Crippen molar-refractivity contribution in [2.45, 2.75) is 18.4 Å². The van der Waals surface area contributed by atoms with E-state index < -0.39 is 0 Å². The summed E-state index contributed by atoms with van der Waals surface area (Å²) < 4.78 is 16.1. The Morgan fingerprint density at radius 3 is 2.89 bits per heavy atom. The number of hydrogen-bond acceptors (Lipinski definition) is 6. The number of nitrogens with one attached hydrogen (secondary N) is 1. The van der Waals surface area contributed by atoms with Gasteiger partial charge in [0.1, 0.15) is 5.69 Å². The highest BCUT2D eigenvalue weighted by Gasteiger charge is 2.16. The minimum atomic E-state index is -0.126. The second kappa shape index (κ2) is 7.75. The summed E-state index contributed by atoms with van der Waals surface area (Å²) in [7, 11) is 0. The molecule has 1 aliphatic heterocycles. The van der Waals surface area contributed by atoms with E-state index in [2.05, 4.69) is 17.4 Å². The van der Waals surface area contributed by atoms with Gasteiger partial charge in [0.2, 0.25) is 6.79 Å². The highest BCUT2D eigenvalue weighted by Crippen LogP contribution is 2.36. The molecular formula is C20H18N2O4S. The van der Waals surface area contributed by atoms with E-state index in [4.69, 9.17) is 14.0 Å². The molecule has 0 radical (unpaired) electrons. The van der Waals surface area contributed by atoms with Crippen LogP contribution in [0.3, 0.4) is 0 Å². The van der Waals surface area contributed by atoms with Crippen LogP contribution in [0.25, 0.3) is 11.3 Å². The molecule has 7 heteroatoms. The second-order valence-electron chi connectivity index (χ2n) is 5.86. The maximum Gasteiger partial charge on any atom is 0.252 e. The lowest BCUT2D eigenvalue weighted by atomic mass is 10.1. The van der Waals surface area contributed by atoms with Crippen LogP contribution >= 0.6 is 11.8 Å². The van der Waals surface area contributed by atoms with Gasteiger partial charge in [0.05, 0.1) is 12.1 Å². The van der Waals surface area contributed by atoms with Crippen LogP contribution in [0.15, 0.2) is 57.9 Å². The number of rotatable bonds is 6. The van der Waals surface area contributed by atoms with E-state index in [0.717, 1.165) is 22.0 Å². The van der Waals surface area contributed by atoms with Crippen LogP contribution < -0.4 is 14.8 Å². The lowest BCUT2D eigenvalue weighted by Crippen LogP contribution is -2.23. The molecule has 2 heterocycles. The average Bonchev–Trinajstić information content (AvgIpc) is 3.35. The van der Waals surface area contributed by atoms with Crippen LogP contribution in [-0.2, 0) is 6.54 Å². The second-order valence-corrected chi connectivity index (χ2v) is 7.17. The Morgan fingerprint density at radius 1 is 1.15 bits per heavy atom. The average molecular weight is 382 g/mol. The number of ether oxygens (including phenoxy) is 2. The summed E-state index contributed by atoms with van der Waals surface area (Å²) in [6, 6.07) is 15.0. The van der Waals surface area contributed by atoms with E-state index in [1.165, 1.54) is 0 Å². The van der Waals surface area contributed by atoms with E-state index in [1.54, 1.807) is 11.8 Å². The van der Waals surface area contributed by atoms with Crippen LogP contribution in [0, 0.1) is 0 Å². The smallest absolute Gasteiger partial charge is 0.252 e. The van der Waals surface area contributed by atoms with Crippen molar-refractivity contribution in [3.05, 3.63) is 59.8 Å². The summed E-state index contributed by atoms with van der Waals surface area (Å²) in [6.45, 7) is 2.58. The van der Waals surface area contributed by atoms with Gasteiger partial charge >= 0.3 is 0 Å². The number of nitrogens with zero attached hydrogens (tertiary/aromatic N) is 1. The molecule has 1 aromatic heterocycles. The van der Waals surface area contributed by atoms with Crippen molar-refractivity contribution in [2.24, 2.45) is 0 Å². The molecule has 1 amide bonds. The minimum absolute atomic E-state index is 0.126. The van der Waals surface area contributed by atoms with E-state index in [-0.39, 0.29) is 19.2 Å². The van der Waals surface area contributed by atoms with Gasteiger partial charge in [-0.05, 0) is 36.1 Å². The van der Waals surface area contributed by atoms with Gasteiger partial charge in [0, 0.05) is 16.5 Å². The lowest BCUT2D eigenvalue weighted by molar-refractivity contribution is 0.0947. The largest absolute Gasteiger partial charge is 0.454 e. The molecule has 2 aromatic carbocycles. The summed E-state index contributed by atoms with van der Waals surface area (Å²) in [5, 5.41) is 6.94. The van der Waals surface area contributed by atoms with Crippen molar-refractivity contribution in [1.29, 1.82) is 0 Å². The minimum Gasteiger partial charge on any atom is -0.454 e. The number of hydrogen-bond donors (Lipinski definition) is 1. The summed E-state index contributed by atoms with van der Waals surface area (Å²) in [5.41, 5.74) is 2.16. The van der Waals surface area contributed by atoms with Crippen LogP contribution in [0.4, 0.5) is 0 Å². The molecule has 0 fully saturated rings. The van der Waals surface area contributed by atoms with Crippen molar-refractivity contribution < 1.29 is 18.8 Å². The van der Waals surface area contributed by atoms with Crippen molar-refractivity contribution in [3.63, 3.8) is 0 Å². The molecule has 0 saturated heterocycles. The van der Waals surface area contributed by atoms with Gasteiger partial charge in [-0.25, -0.2) is 0 Å². The molecular weight excluding hydrogens is 364 g/mol. The fourth-order valence-corrected chi connectivity index (χ4v) is 3.58. The van der Waals surface area contributed by atoms with Crippen molar-refractivity contribution in [1.82, 2.24) is 10.5 Å². The van der Waals surface area contributed by atoms with Crippen molar-refractivity contribution in [2.75, 3.05) is 12.5 Å². The van der Waals surface area contributed by atoms with Gasteiger partial charge in [-0.1, -0.05) is 24.2 Å². The van der Waals surface area contributed by atoms with E-state index in [1.807, 2.05) is 48.5 Å². The lowest BCUT2D eigenvalue weighted by Gasteiger charge is -2.08. The Labute approximate surface area is 160 Å². The molecule has 0 spiro atoms. The molecule has 1 aliphatic rings. The maximum atomic E-state index is 12.5. The quantitative estimate of drug-likeness (QED) is 0.647. The molecule has 0 unspecified atom stereocenters. The first-order valence-corrected chi connectivity index (χ1v) is 9.59. The Kier molecular flexibility index (Phi) is 5.02. The maximum absolute atomic E-state index is 12.5. The van der Waals surface area contributed by atoms with Crippen LogP contribution in [-0.4, -0.2) is 23.6 Å². The molecule has 0 aliphatic carbocycles. The van der Waals surface area contributed by atoms with Gasteiger partial charge in [0.25, 0.3) is 5.91 Å². The predicted molar refractivity (Wildman–Crippen MR) is 102 cm³/mol. The zero-order valence-corrected chi connectivity index (χ0v) is 15.5. The van der Waals surface area contributed by atoms with Gasteiger partial charge in [-0.15, -0.1) is 11.8 Å². The first kappa shape index (κ1) is 17.5. The number of fused-ring (bicyclic) bond motifs is 1. The molecule has 6 nitrogen and oxygen atoms in total. The first-order valence-electron chi connectivity index (χ1n) is 8.60. The summed E-state index contributed by atoms with van der Waals surface area (Å²) in [6.07, 6.45) is 0. The number of carbonyl (C=O) groups is 1. The third kappa shape index (κ3) is 3.78. The Balaban J connectivity index is 1.43. The van der Waals surface area contributed by atoms with E-state index >= 15 is 0 Å². The predicted octanol–water partition coefficient (Wildman–Crippen LogP) is 4.11. The van der Waals surface area contributed by atoms with E-state index in [0.29, 0.717) is 22.8 Å². The normalized spacial score (nSPS) is 12.2. The highest BCUT2D eigenvalue weighted by atomic mass is 32.2. The molecule has 138 valence electrons. The van der Waals surface area contributed by atoms with Crippen LogP contribution in [0.2, 0.25) is 0 Å². The number of carbonyl (C=O) groups excluding carboxylic acids is 1. The molecule has 4 rings (SSSR count). The van der Waals surface area contributed by atoms with Gasteiger partial charge < -0.3 is 19.3 Å². The summed E-state index contributed by atoms with van der Waals surface area (Å²) >= 11 is 1.65. The van der Waals surface area contributed by atoms with Gasteiger partial charge in [-0.3, -0.25) is 4.79 Å². The van der Waals surface area contributed by atoms with E-state index in [9.17, 15) is 4.79 Å². The fraction of sp³-hybridized carbons (Fsp3) is 0.200. The Hall–Kier alpha value is -2.93. The summed E-state index contributed by atoms with van der Waals surface area (Å²) in [4.78, 5) is 13.5. The number of aromatic nitrogens is 1. The summed E-state index contributed by atoms with van der Waals surface area (Å²) in [5.74, 6) is 2.80. The zero-order valence-electron chi connectivity index (χ0n) is 14.7. The Morgan fingerprint density at radius 2 is 2.00 bits per heavy atom. The number of amides is 1. The first-order chi connectivity index (χ1) is 13.2. The third-order valence-corrected chi connectivity index (χ3v) is 5.03. The number of benzene rings is 2. The fourth-order valence-electron chi connectivity index (χ4n) is 2.78. The Bertz CT molecular complexity index is 970. The molecule has 0 bridgehead atoms. The molecule has 0 atom stereocenters. The zero-order chi connectivity index (χ0) is 18.6. The molecule has 3 aromatic rings. The molecule has 27 heavy (non-hydrogen) atoms. The van der Waals surface area contributed by atoms with Crippen LogP contribution in [0.1, 0.15) is 23.0 Å². The molecule has 1 N–H and O–H groups in total. The van der Waals surface area contributed by atoms with Gasteiger partial charge in [-0.2, -0.15) is 0 Å². The highest BCUT2D eigenvalue weighted by molar-refractivity contribution is 7.99. The van der Waals surface area contributed by atoms with Crippen LogP contribution in [0.5, 0.6) is 11.5 Å². The number of thioether (sulfide) groups is 1. The van der Waals surface area contributed by atoms with Gasteiger partial charge in [0.15, 0.2) is 17.3 Å². The third-order valence-electron chi connectivity index (χ3n) is 4.08. The van der Waals surface area contributed by atoms with Crippen molar-refractivity contribution >= 4 is 17.7 Å². The molecule has 0 saturated carbocycles. The van der Waals surface area contributed by atoms with Crippen molar-refractivity contribution in [3.8, 4) is 22.8 Å². The standard InChI is InChI=1S/C20H18N2O4S/c1-2-27-19-6-4-3-5-15(19)20(23)21-11-14-10-17(26-22-14)13-7-8-16-18(9-13)25-12-24-16/h3-10H,2,11-12H2,1H3,(H,21,23). The topological polar surface area (TPSA) is 73.6 Å². The monoisotopic (exact) mass is 382 g/mol.